The Kier molecular flexibility index (Phi) is 7.75. The third-order valence-electron chi connectivity index (χ3n) is 7.03. The third-order valence-corrected chi connectivity index (χ3v) is 8.50. The molecule has 0 radical (unpaired) electrons. The fourth-order valence-electron chi connectivity index (χ4n) is 4.89. The van der Waals surface area contributed by atoms with E-state index < -0.39 is 12.1 Å². The molecule has 4 aromatic rings. The molecule has 6 rings (SSSR count). The Bertz CT molecular complexity index is 1470. The van der Waals surface area contributed by atoms with Gasteiger partial charge >= 0.3 is 12.1 Å². The first-order valence-electron chi connectivity index (χ1n) is 12.2. The minimum absolute atomic E-state index is 0.0496. The van der Waals surface area contributed by atoms with Gasteiger partial charge in [-0.15, -0.1) is 0 Å². The summed E-state index contributed by atoms with van der Waals surface area (Å²) in [6, 6.07) is 7.88. The highest BCUT2D eigenvalue weighted by molar-refractivity contribution is 7.99. The lowest BCUT2D eigenvalue weighted by molar-refractivity contribution is -0.192. The number of aromatic nitrogens is 6. The van der Waals surface area contributed by atoms with Crippen LogP contribution in [0.4, 0.5) is 19.0 Å². The van der Waals surface area contributed by atoms with Crippen LogP contribution in [0.25, 0.3) is 5.82 Å². The van der Waals surface area contributed by atoms with Gasteiger partial charge in [0, 0.05) is 54.7 Å². The molecule has 1 atom stereocenters. The van der Waals surface area contributed by atoms with Gasteiger partial charge in [0.1, 0.15) is 10.8 Å². The molecule has 0 unspecified atom stereocenters. The van der Waals surface area contributed by atoms with Gasteiger partial charge in [-0.05, 0) is 37.1 Å². The van der Waals surface area contributed by atoms with Crippen LogP contribution in [0, 0.1) is 5.41 Å². The molecular weight excluding hydrogens is 569 g/mol. The van der Waals surface area contributed by atoms with Gasteiger partial charge in [-0.1, -0.05) is 23.4 Å². The lowest BCUT2D eigenvalue weighted by atomic mass is 9.73. The molecule has 6 heterocycles. The van der Waals surface area contributed by atoms with Crippen molar-refractivity contribution in [3.63, 3.8) is 0 Å². The monoisotopic (exact) mass is 592 g/mol. The standard InChI is InChI=1S/C23H23ClN8S.C2HF3O2/c24-20-17(4-7-26-22(20)31-9-1-2-10-31)33-19-14-27-18(13-28-19)30-11-5-23(6-12-30)15-32-16(21(23)25)3-8-29-32;3-2(4,5)1(6)7/h1-4,7-10,13-14,21H,5-6,11-12,15,25H2;(H,6,7)/t21-;/m1./s1. The smallest absolute Gasteiger partial charge is 0.475 e. The van der Waals surface area contributed by atoms with Crippen LogP contribution >= 0.6 is 23.4 Å². The predicted molar refractivity (Wildman–Crippen MR) is 141 cm³/mol. The number of alkyl halides is 3. The number of carboxylic acid groups (broad SMARTS) is 1. The highest BCUT2D eigenvalue weighted by Crippen LogP contribution is 2.47. The Balaban J connectivity index is 0.000000411. The Labute approximate surface area is 236 Å². The fourth-order valence-corrected chi connectivity index (χ4v) is 5.96. The van der Waals surface area contributed by atoms with Gasteiger partial charge in [0.25, 0.3) is 0 Å². The number of fused-ring (bicyclic) bond motifs is 1. The maximum atomic E-state index is 10.6. The minimum atomic E-state index is -5.08. The maximum Gasteiger partial charge on any atom is 0.490 e. The number of anilines is 1. The van der Waals surface area contributed by atoms with Gasteiger partial charge in [-0.25, -0.2) is 19.7 Å². The van der Waals surface area contributed by atoms with Crippen molar-refractivity contribution in [1.82, 2.24) is 29.3 Å². The van der Waals surface area contributed by atoms with E-state index in [-0.39, 0.29) is 11.5 Å². The van der Waals surface area contributed by atoms with Crippen molar-refractivity contribution in [1.29, 1.82) is 0 Å². The molecule has 0 amide bonds. The number of hydrogen-bond acceptors (Lipinski definition) is 8. The van der Waals surface area contributed by atoms with Crippen molar-refractivity contribution in [2.24, 2.45) is 11.1 Å². The molecule has 0 saturated carbocycles. The number of carbonyl (C=O) groups is 1. The average molecular weight is 593 g/mol. The van der Waals surface area contributed by atoms with Crippen molar-refractivity contribution < 1.29 is 23.1 Å². The first-order chi connectivity index (χ1) is 19.1. The fraction of sp³-hybridized carbons (Fsp3) is 0.320. The SMILES string of the molecule is N[C@@H]1c2ccnn2CC12CCN(c1cnc(Sc3ccnc(-n4cccc4)c3Cl)cn1)CC2.O=C(O)C(F)(F)F. The Morgan fingerprint density at radius 1 is 1.10 bits per heavy atom. The largest absolute Gasteiger partial charge is 0.490 e. The number of nitrogens with two attached hydrogens (primary N) is 1. The lowest BCUT2D eigenvalue weighted by Crippen LogP contribution is -2.45. The van der Waals surface area contributed by atoms with E-state index in [2.05, 4.69) is 24.6 Å². The Hall–Kier alpha value is -3.62. The molecule has 1 spiro atoms. The molecule has 15 heteroatoms. The summed E-state index contributed by atoms with van der Waals surface area (Å²) >= 11 is 8.11. The van der Waals surface area contributed by atoms with Crippen LogP contribution in [0.1, 0.15) is 24.6 Å². The molecule has 0 bridgehead atoms. The van der Waals surface area contributed by atoms with E-state index in [9.17, 15) is 13.2 Å². The van der Waals surface area contributed by atoms with E-state index in [0.29, 0.717) is 10.8 Å². The predicted octanol–water partition coefficient (Wildman–Crippen LogP) is 4.60. The molecule has 1 saturated heterocycles. The van der Waals surface area contributed by atoms with E-state index in [0.717, 1.165) is 53.9 Å². The van der Waals surface area contributed by atoms with Crippen molar-refractivity contribution >= 4 is 35.1 Å². The van der Waals surface area contributed by atoms with E-state index >= 15 is 0 Å². The second-order valence-corrected chi connectivity index (χ2v) is 10.8. The van der Waals surface area contributed by atoms with Crippen LogP contribution in [0.2, 0.25) is 5.02 Å². The number of rotatable bonds is 4. The molecule has 0 aromatic carbocycles. The Morgan fingerprint density at radius 2 is 1.80 bits per heavy atom. The molecule has 2 aliphatic heterocycles. The molecule has 40 heavy (non-hydrogen) atoms. The van der Waals surface area contributed by atoms with Gasteiger partial charge in [0.15, 0.2) is 5.82 Å². The summed E-state index contributed by atoms with van der Waals surface area (Å²) in [6.45, 7) is 2.73. The number of carboxylic acids is 1. The van der Waals surface area contributed by atoms with Gasteiger partial charge < -0.3 is 20.3 Å². The number of aliphatic carboxylic acids is 1. The molecular formula is C25H24ClF3N8O2S. The maximum absolute atomic E-state index is 10.6. The molecule has 210 valence electrons. The van der Waals surface area contributed by atoms with Crippen LogP contribution in [-0.4, -0.2) is 59.6 Å². The first kappa shape index (κ1) is 27.9. The zero-order valence-electron chi connectivity index (χ0n) is 20.9. The number of hydrogen-bond donors (Lipinski definition) is 2. The van der Waals surface area contributed by atoms with E-state index in [4.69, 9.17) is 32.2 Å². The van der Waals surface area contributed by atoms with Crippen molar-refractivity contribution in [2.45, 2.75) is 41.5 Å². The van der Waals surface area contributed by atoms with Gasteiger partial charge in [-0.2, -0.15) is 18.3 Å². The van der Waals surface area contributed by atoms with Gasteiger partial charge in [0.05, 0.1) is 29.2 Å². The van der Waals surface area contributed by atoms with Gasteiger partial charge in [-0.3, -0.25) is 4.68 Å². The lowest BCUT2D eigenvalue weighted by Gasteiger charge is -2.41. The topological polar surface area (TPSA) is 128 Å². The summed E-state index contributed by atoms with van der Waals surface area (Å²) in [5.74, 6) is -1.16. The molecule has 3 N–H and O–H groups in total. The van der Waals surface area contributed by atoms with E-state index in [1.54, 1.807) is 6.20 Å². The first-order valence-corrected chi connectivity index (χ1v) is 13.4. The summed E-state index contributed by atoms with van der Waals surface area (Å²) in [5, 5.41) is 12.9. The zero-order valence-corrected chi connectivity index (χ0v) is 22.4. The highest BCUT2D eigenvalue weighted by atomic mass is 35.5. The molecule has 1 fully saturated rings. The van der Waals surface area contributed by atoms with Crippen LogP contribution in [0.5, 0.6) is 0 Å². The second kappa shape index (κ2) is 11.1. The summed E-state index contributed by atoms with van der Waals surface area (Å²) in [6.07, 6.45) is 8.06. The summed E-state index contributed by atoms with van der Waals surface area (Å²) in [7, 11) is 0. The Morgan fingerprint density at radius 3 is 2.40 bits per heavy atom. The number of halogens is 4. The molecule has 10 nitrogen and oxygen atoms in total. The third kappa shape index (κ3) is 5.64. The quantitative estimate of drug-likeness (QED) is 0.349. The van der Waals surface area contributed by atoms with Crippen LogP contribution in [0.3, 0.4) is 0 Å². The van der Waals surface area contributed by atoms with Crippen molar-refractivity contribution in [3.8, 4) is 5.82 Å². The number of pyridine rings is 1. The number of nitrogens with zero attached hydrogens (tertiary/aromatic N) is 7. The normalized spacial score (nSPS) is 17.8. The molecule has 0 aliphatic carbocycles. The van der Waals surface area contributed by atoms with Crippen molar-refractivity contribution in [2.75, 3.05) is 18.0 Å². The molecule has 4 aromatic heterocycles. The zero-order chi connectivity index (χ0) is 28.5. The van der Waals surface area contributed by atoms with E-state index in [1.165, 1.54) is 11.8 Å². The van der Waals surface area contributed by atoms with E-state index in [1.807, 2.05) is 59.8 Å². The van der Waals surface area contributed by atoms with Crippen LogP contribution < -0.4 is 10.6 Å². The molecule has 2 aliphatic rings. The highest BCUT2D eigenvalue weighted by Gasteiger charge is 2.47. The van der Waals surface area contributed by atoms with Gasteiger partial charge in [0.2, 0.25) is 0 Å². The summed E-state index contributed by atoms with van der Waals surface area (Å²) in [4.78, 5) is 25.8. The summed E-state index contributed by atoms with van der Waals surface area (Å²) < 4.78 is 35.7. The minimum Gasteiger partial charge on any atom is -0.475 e. The number of piperidine rings is 1. The average Bonchev–Trinajstić information content (AvgIpc) is 3.67. The van der Waals surface area contributed by atoms with Crippen LogP contribution in [-0.2, 0) is 11.3 Å². The van der Waals surface area contributed by atoms with Crippen LogP contribution in [0.15, 0.2) is 71.4 Å². The second-order valence-electron chi connectivity index (χ2n) is 9.40. The van der Waals surface area contributed by atoms with Crippen molar-refractivity contribution in [3.05, 3.63) is 72.2 Å². The summed E-state index contributed by atoms with van der Waals surface area (Å²) in [5.41, 5.74) is 7.85.